The quantitative estimate of drug-likeness (QED) is 0.677. The molecule has 26 heavy (non-hydrogen) atoms. The van der Waals surface area contributed by atoms with Crippen LogP contribution in [0.2, 0.25) is 5.02 Å². The smallest absolute Gasteiger partial charge is 0.257 e. The number of rotatable bonds is 7. The van der Waals surface area contributed by atoms with E-state index < -0.39 is 0 Å². The van der Waals surface area contributed by atoms with Gasteiger partial charge in [0.2, 0.25) is 5.91 Å². The lowest BCUT2D eigenvalue weighted by Crippen LogP contribution is -2.19. The molecule has 0 spiro atoms. The third kappa shape index (κ3) is 5.31. The van der Waals surface area contributed by atoms with E-state index in [0.29, 0.717) is 22.8 Å². The molecule has 0 atom stereocenters. The third-order valence-corrected chi connectivity index (χ3v) is 4.16. The van der Waals surface area contributed by atoms with E-state index >= 15 is 0 Å². The van der Waals surface area contributed by atoms with Gasteiger partial charge in [-0.1, -0.05) is 50.6 Å². The molecule has 0 radical (unpaired) electrons. The second-order valence-electron chi connectivity index (χ2n) is 6.23. The minimum atomic E-state index is -0.320. The summed E-state index contributed by atoms with van der Waals surface area (Å²) in [5.74, 6) is -0.588. The van der Waals surface area contributed by atoms with Gasteiger partial charge in [-0.05, 0) is 36.4 Å². The van der Waals surface area contributed by atoms with Crippen LogP contribution in [-0.2, 0) is 11.3 Å². The molecule has 0 unspecified atom stereocenters. The molecule has 0 aromatic heterocycles. The van der Waals surface area contributed by atoms with Crippen LogP contribution < -0.4 is 16.0 Å². The highest BCUT2D eigenvalue weighted by molar-refractivity contribution is 6.34. The first kappa shape index (κ1) is 19.9. The molecule has 0 fully saturated rings. The molecule has 3 N–H and O–H groups in total. The number of benzene rings is 2. The second kappa shape index (κ2) is 9.36. The van der Waals surface area contributed by atoms with Crippen molar-refractivity contribution in [3.8, 4) is 0 Å². The van der Waals surface area contributed by atoms with E-state index in [2.05, 4.69) is 16.0 Å². The zero-order valence-electron chi connectivity index (χ0n) is 15.2. The van der Waals surface area contributed by atoms with Crippen molar-refractivity contribution in [2.24, 2.45) is 5.92 Å². The number of nitrogens with one attached hydrogen (secondary N) is 3. The maximum atomic E-state index is 12.7. The monoisotopic (exact) mass is 373 g/mol. The fraction of sp³-hybridized carbons (Fsp3) is 0.300. The predicted octanol–water partition coefficient (Wildman–Crippen LogP) is 4.30. The number of carbonyl (C=O) groups is 2. The SMILES string of the molecule is CCNCc1ccccc1NC(=O)c1cc(NC(=O)C(C)C)ccc1Cl. The first-order valence-corrected chi connectivity index (χ1v) is 9.00. The van der Waals surface area contributed by atoms with Crippen molar-refractivity contribution in [3.63, 3.8) is 0 Å². The van der Waals surface area contributed by atoms with E-state index in [1.54, 1.807) is 32.0 Å². The molecule has 0 bridgehead atoms. The van der Waals surface area contributed by atoms with Gasteiger partial charge in [-0.2, -0.15) is 0 Å². The Labute approximate surface area is 159 Å². The molecular weight excluding hydrogens is 350 g/mol. The van der Waals surface area contributed by atoms with Gasteiger partial charge in [0.05, 0.1) is 10.6 Å². The first-order chi connectivity index (χ1) is 12.4. The number of hydrogen-bond donors (Lipinski definition) is 3. The van der Waals surface area contributed by atoms with Gasteiger partial charge in [0, 0.05) is 23.8 Å². The normalized spacial score (nSPS) is 10.7. The van der Waals surface area contributed by atoms with Crippen LogP contribution in [0.25, 0.3) is 0 Å². The number of halogens is 1. The Balaban J connectivity index is 2.21. The Kier molecular flexibility index (Phi) is 7.18. The summed E-state index contributed by atoms with van der Waals surface area (Å²) in [6.07, 6.45) is 0. The predicted molar refractivity (Wildman–Crippen MR) is 107 cm³/mol. The molecule has 2 rings (SSSR count). The summed E-state index contributed by atoms with van der Waals surface area (Å²) in [5.41, 5.74) is 2.57. The third-order valence-electron chi connectivity index (χ3n) is 3.83. The Morgan fingerprint density at radius 1 is 1.08 bits per heavy atom. The molecule has 138 valence electrons. The molecule has 0 aliphatic heterocycles. The van der Waals surface area contributed by atoms with Crippen LogP contribution in [0.1, 0.15) is 36.7 Å². The standard InChI is InChI=1S/C20H24ClN3O2/c1-4-22-12-14-7-5-6-8-18(14)24-20(26)16-11-15(9-10-17(16)21)23-19(25)13(2)3/h5-11,13,22H,4,12H2,1-3H3,(H,23,25)(H,24,26). The van der Waals surface area contributed by atoms with Gasteiger partial charge < -0.3 is 16.0 Å². The van der Waals surface area contributed by atoms with E-state index in [9.17, 15) is 9.59 Å². The molecular formula is C20H24ClN3O2. The van der Waals surface area contributed by atoms with Gasteiger partial charge in [-0.3, -0.25) is 9.59 Å². The lowest BCUT2D eigenvalue weighted by atomic mass is 10.1. The fourth-order valence-corrected chi connectivity index (χ4v) is 2.51. The molecule has 0 aliphatic carbocycles. The highest BCUT2D eigenvalue weighted by atomic mass is 35.5. The average Bonchev–Trinajstić information content (AvgIpc) is 2.62. The number of para-hydroxylation sites is 1. The average molecular weight is 374 g/mol. The minimum absolute atomic E-state index is 0.116. The number of carbonyl (C=O) groups excluding carboxylic acids is 2. The number of hydrogen-bond acceptors (Lipinski definition) is 3. The Morgan fingerprint density at radius 2 is 1.81 bits per heavy atom. The summed E-state index contributed by atoms with van der Waals surface area (Å²) in [5, 5.41) is 9.26. The molecule has 2 amide bonds. The van der Waals surface area contributed by atoms with Crippen molar-refractivity contribution in [1.82, 2.24) is 5.32 Å². The number of amides is 2. The lowest BCUT2D eigenvalue weighted by Gasteiger charge is -2.13. The van der Waals surface area contributed by atoms with Crippen molar-refractivity contribution in [3.05, 3.63) is 58.6 Å². The van der Waals surface area contributed by atoms with Gasteiger partial charge in [0.15, 0.2) is 0 Å². The largest absolute Gasteiger partial charge is 0.326 e. The summed E-state index contributed by atoms with van der Waals surface area (Å²) in [6, 6.07) is 12.5. The van der Waals surface area contributed by atoms with Crippen LogP contribution >= 0.6 is 11.6 Å². The molecule has 0 saturated heterocycles. The van der Waals surface area contributed by atoms with E-state index in [1.807, 2.05) is 31.2 Å². The van der Waals surface area contributed by atoms with Gasteiger partial charge in [0.25, 0.3) is 5.91 Å². The summed E-state index contributed by atoms with van der Waals surface area (Å²) >= 11 is 6.19. The van der Waals surface area contributed by atoms with Crippen molar-refractivity contribution in [1.29, 1.82) is 0 Å². The van der Waals surface area contributed by atoms with Crippen molar-refractivity contribution in [2.45, 2.75) is 27.3 Å². The van der Waals surface area contributed by atoms with E-state index in [1.165, 1.54) is 0 Å². The summed E-state index contributed by atoms with van der Waals surface area (Å²) in [7, 11) is 0. The summed E-state index contributed by atoms with van der Waals surface area (Å²) in [6.45, 7) is 7.13. The maximum absolute atomic E-state index is 12.7. The molecule has 2 aromatic rings. The topological polar surface area (TPSA) is 70.2 Å². The van der Waals surface area contributed by atoms with E-state index in [4.69, 9.17) is 11.6 Å². The fourth-order valence-electron chi connectivity index (χ4n) is 2.31. The lowest BCUT2D eigenvalue weighted by molar-refractivity contribution is -0.118. The Morgan fingerprint density at radius 3 is 2.50 bits per heavy atom. The van der Waals surface area contributed by atoms with Gasteiger partial charge in [-0.15, -0.1) is 0 Å². The number of anilines is 2. The van der Waals surface area contributed by atoms with Crippen molar-refractivity contribution < 1.29 is 9.59 Å². The van der Waals surface area contributed by atoms with Gasteiger partial charge in [-0.25, -0.2) is 0 Å². The summed E-state index contributed by atoms with van der Waals surface area (Å²) in [4.78, 5) is 24.6. The van der Waals surface area contributed by atoms with Crippen molar-refractivity contribution >= 4 is 34.8 Å². The van der Waals surface area contributed by atoms with E-state index in [0.717, 1.165) is 17.8 Å². The molecule has 0 heterocycles. The van der Waals surface area contributed by atoms with Crippen molar-refractivity contribution in [2.75, 3.05) is 17.2 Å². The van der Waals surface area contributed by atoms with E-state index in [-0.39, 0.29) is 17.7 Å². The van der Waals surface area contributed by atoms with Crippen LogP contribution in [0.5, 0.6) is 0 Å². The Bertz CT molecular complexity index is 790. The zero-order valence-corrected chi connectivity index (χ0v) is 16.0. The Hall–Kier alpha value is -2.37. The minimum Gasteiger partial charge on any atom is -0.326 e. The van der Waals surface area contributed by atoms with Gasteiger partial charge in [0.1, 0.15) is 0 Å². The highest BCUT2D eigenvalue weighted by Crippen LogP contribution is 2.23. The highest BCUT2D eigenvalue weighted by Gasteiger charge is 2.15. The molecule has 0 aliphatic rings. The first-order valence-electron chi connectivity index (χ1n) is 8.62. The van der Waals surface area contributed by atoms with Crippen LogP contribution in [0.15, 0.2) is 42.5 Å². The molecule has 0 saturated carbocycles. The van der Waals surface area contributed by atoms with Crippen LogP contribution in [0, 0.1) is 5.92 Å². The second-order valence-corrected chi connectivity index (χ2v) is 6.64. The maximum Gasteiger partial charge on any atom is 0.257 e. The van der Waals surface area contributed by atoms with Crippen LogP contribution in [0.3, 0.4) is 0 Å². The van der Waals surface area contributed by atoms with Gasteiger partial charge >= 0.3 is 0 Å². The van der Waals surface area contributed by atoms with Crippen LogP contribution in [-0.4, -0.2) is 18.4 Å². The molecule has 5 nitrogen and oxygen atoms in total. The molecule has 6 heteroatoms. The zero-order chi connectivity index (χ0) is 19.1. The summed E-state index contributed by atoms with van der Waals surface area (Å²) < 4.78 is 0. The van der Waals surface area contributed by atoms with Crippen LogP contribution in [0.4, 0.5) is 11.4 Å². The molecule has 2 aromatic carbocycles.